The second kappa shape index (κ2) is 6.84. The number of hydrogen-bond donors (Lipinski definition) is 1. The summed E-state index contributed by atoms with van der Waals surface area (Å²) >= 11 is 0. The summed E-state index contributed by atoms with van der Waals surface area (Å²) in [5.41, 5.74) is 10.0. The van der Waals surface area contributed by atoms with E-state index in [9.17, 15) is 0 Å². The Labute approximate surface area is 148 Å². The number of aromatic nitrogens is 3. The summed E-state index contributed by atoms with van der Waals surface area (Å²) in [5, 5.41) is 4.35. The first-order chi connectivity index (χ1) is 11.9. The summed E-state index contributed by atoms with van der Waals surface area (Å²) in [5.74, 6) is 1.42. The maximum absolute atomic E-state index is 6.34. The van der Waals surface area contributed by atoms with Crippen LogP contribution in [-0.2, 0) is 0 Å². The van der Waals surface area contributed by atoms with E-state index in [-0.39, 0.29) is 5.54 Å². The van der Waals surface area contributed by atoms with Gasteiger partial charge in [-0.3, -0.25) is 0 Å². The highest BCUT2D eigenvalue weighted by Crippen LogP contribution is 2.27. The fourth-order valence-corrected chi connectivity index (χ4v) is 3.26. The first-order valence-corrected chi connectivity index (χ1v) is 8.67. The number of hydrogen-bond acceptors (Lipinski definition) is 4. The Morgan fingerprint density at radius 3 is 2.72 bits per heavy atom. The molecule has 0 bridgehead atoms. The van der Waals surface area contributed by atoms with Gasteiger partial charge in [-0.05, 0) is 56.0 Å². The van der Waals surface area contributed by atoms with Gasteiger partial charge in [0, 0.05) is 23.4 Å². The van der Waals surface area contributed by atoms with Crippen molar-refractivity contribution in [1.82, 2.24) is 14.6 Å². The molecule has 2 aromatic heterocycles. The lowest BCUT2D eigenvalue weighted by Crippen LogP contribution is -2.43. The minimum atomic E-state index is -0.328. The van der Waals surface area contributed by atoms with Gasteiger partial charge in [0.05, 0.1) is 11.9 Å². The zero-order chi connectivity index (χ0) is 18.0. The number of nitrogens with zero attached hydrogens (tertiary/aromatic N) is 3. The molecule has 0 aliphatic carbocycles. The van der Waals surface area contributed by atoms with Crippen LogP contribution in [0.1, 0.15) is 32.8 Å². The van der Waals surface area contributed by atoms with Crippen LogP contribution in [0, 0.1) is 12.8 Å². The molecule has 1 aromatic carbocycles. The number of rotatable bonds is 6. The third kappa shape index (κ3) is 3.99. The maximum Gasteiger partial charge on any atom is 0.155 e. The number of nitrogens with two attached hydrogens (primary N) is 1. The van der Waals surface area contributed by atoms with E-state index in [1.54, 1.807) is 12.4 Å². The molecule has 1 atom stereocenters. The Morgan fingerprint density at radius 1 is 1.20 bits per heavy atom. The molecule has 3 rings (SSSR count). The number of benzene rings is 1. The van der Waals surface area contributed by atoms with Crippen LogP contribution >= 0.6 is 0 Å². The standard InChI is InChI=1S/C20H26N4O/c1-14(2)12-20(4,21)13-25-18-6-5-16(11-15(18)3)17-7-9-22-19-8-10-23-24(17)19/h5-11,14H,12-13,21H2,1-4H3/t20-/m0/s1. The lowest BCUT2D eigenvalue weighted by molar-refractivity contribution is 0.206. The van der Waals surface area contributed by atoms with E-state index in [1.807, 2.05) is 29.6 Å². The predicted molar refractivity (Wildman–Crippen MR) is 101 cm³/mol. The molecular formula is C20H26N4O. The topological polar surface area (TPSA) is 65.4 Å². The van der Waals surface area contributed by atoms with Crippen molar-refractivity contribution in [3.63, 3.8) is 0 Å². The van der Waals surface area contributed by atoms with Gasteiger partial charge >= 0.3 is 0 Å². The van der Waals surface area contributed by atoms with E-state index in [0.29, 0.717) is 12.5 Å². The summed E-state index contributed by atoms with van der Waals surface area (Å²) in [7, 11) is 0. The molecule has 0 radical (unpaired) electrons. The molecule has 2 heterocycles. The lowest BCUT2D eigenvalue weighted by atomic mass is 9.93. The Morgan fingerprint density at radius 2 is 2.00 bits per heavy atom. The van der Waals surface area contributed by atoms with Crippen molar-refractivity contribution < 1.29 is 4.74 Å². The van der Waals surface area contributed by atoms with Crippen molar-refractivity contribution in [3.05, 3.63) is 48.3 Å². The van der Waals surface area contributed by atoms with Crippen LogP contribution in [0.25, 0.3) is 16.9 Å². The van der Waals surface area contributed by atoms with Crippen LogP contribution in [0.5, 0.6) is 5.75 Å². The van der Waals surface area contributed by atoms with E-state index in [1.165, 1.54) is 0 Å². The SMILES string of the molecule is Cc1cc(-c2ccnc3ccnn23)ccc1OC[C@@](C)(N)CC(C)C. The minimum Gasteiger partial charge on any atom is -0.491 e. The normalized spacial score (nSPS) is 14.0. The van der Waals surface area contributed by atoms with Gasteiger partial charge < -0.3 is 10.5 Å². The van der Waals surface area contributed by atoms with Gasteiger partial charge in [-0.25, -0.2) is 9.50 Å². The molecule has 5 heteroatoms. The Hall–Kier alpha value is -2.40. The average molecular weight is 338 g/mol. The zero-order valence-corrected chi connectivity index (χ0v) is 15.4. The second-order valence-corrected chi connectivity index (χ2v) is 7.45. The molecule has 0 saturated carbocycles. The monoisotopic (exact) mass is 338 g/mol. The van der Waals surface area contributed by atoms with Crippen molar-refractivity contribution in [1.29, 1.82) is 0 Å². The molecule has 0 fully saturated rings. The maximum atomic E-state index is 6.34. The van der Waals surface area contributed by atoms with Crippen molar-refractivity contribution in [2.24, 2.45) is 11.7 Å². The summed E-state index contributed by atoms with van der Waals surface area (Å²) < 4.78 is 7.85. The smallest absolute Gasteiger partial charge is 0.155 e. The van der Waals surface area contributed by atoms with E-state index in [2.05, 4.69) is 43.0 Å². The van der Waals surface area contributed by atoms with Gasteiger partial charge in [-0.15, -0.1) is 0 Å². The van der Waals surface area contributed by atoms with Crippen molar-refractivity contribution in [2.45, 2.75) is 39.7 Å². The van der Waals surface area contributed by atoms with E-state index >= 15 is 0 Å². The molecule has 0 unspecified atom stereocenters. The van der Waals surface area contributed by atoms with Crippen LogP contribution in [0.3, 0.4) is 0 Å². The highest BCUT2D eigenvalue weighted by molar-refractivity contribution is 5.64. The molecule has 5 nitrogen and oxygen atoms in total. The molecule has 0 aliphatic rings. The molecule has 0 saturated heterocycles. The zero-order valence-electron chi connectivity index (χ0n) is 15.4. The largest absolute Gasteiger partial charge is 0.491 e. The number of fused-ring (bicyclic) bond motifs is 1. The van der Waals surface area contributed by atoms with E-state index in [0.717, 1.165) is 34.6 Å². The fourth-order valence-electron chi connectivity index (χ4n) is 3.26. The molecule has 3 aromatic rings. The average Bonchev–Trinajstić information content (AvgIpc) is 3.01. The van der Waals surface area contributed by atoms with Gasteiger partial charge in [0.1, 0.15) is 12.4 Å². The molecule has 132 valence electrons. The van der Waals surface area contributed by atoms with Gasteiger partial charge in [0.25, 0.3) is 0 Å². The van der Waals surface area contributed by atoms with Crippen molar-refractivity contribution >= 4 is 5.65 Å². The van der Waals surface area contributed by atoms with E-state index < -0.39 is 0 Å². The van der Waals surface area contributed by atoms with Gasteiger partial charge in [-0.2, -0.15) is 5.10 Å². The van der Waals surface area contributed by atoms with Gasteiger partial charge in [0.15, 0.2) is 5.65 Å². The third-order valence-electron chi connectivity index (χ3n) is 4.19. The fraction of sp³-hybridized carbons (Fsp3) is 0.400. The predicted octanol–water partition coefficient (Wildman–Crippen LogP) is 3.85. The first kappa shape index (κ1) is 17.4. The Bertz CT molecular complexity index is 867. The molecule has 0 spiro atoms. The molecular weight excluding hydrogens is 312 g/mol. The van der Waals surface area contributed by atoms with Crippen molar-refractivity contribution in [2.75, 3.05) is 6.61 Å². The van der Waals surface area contributed by atoms with Crippen LogP contribution < -0.4 is 10.5 Å². The summed E-state index contributed by atoms with van der Waals surface area (Å²) in [6, 6.07) is 10.0. The van der Waals surface area contributed by atoms with E-state index in [4.69, 9.17) is 10.5 Å². The summed E-state index contributed by atoms with van der Waals surface area (Å²) in [6.07, 6.45) is 4.49. The Balaban J connectivity index is 1.81. The first-order valence-electron chi connectivity index (χ1n) is 8.67. The van der Waals surface area contributed by atoms with Crippen LogP contribution in [0.15, 0.2) is 42.7 Å². The molecule has 25 heavy (non-hydrogen) atoms. The van der Waals surface area contributed by atoms with Gasteiger partial charge in [-0.1, -0.05) is 13.8 Å². The van der Waals surface area contributed by atoms with Gasteiger partial charge in [0.2, 0.25) is 0 Å². The quantitative estimate of drug-likeness (QED) is 0.741. The minimum absolute atomic E-state index is 0.328. The van der Waals surface area contributed by atoms with Crippen LogP contribution in [0.4, 0.5) is 0 Å². The molecule has 2 N–H and O–H groups in total. The highest BCUT2D eigenvalue weighted by Gasteiger charge is 2.21. The highest BCUT2D eigenvalue weighted by atomic mass is 16.5. The second-order valence-electron chi connectivity index (χ2n) is 7.45. The summed E-state index contributed by atoms with van der Waals surface area (Å²) in [6.45, 7) is 8.95. The number of ether oxygens (including phenoxy) is 1. The lowest BCUT2D eigenvalue weighted by Gasteiger charge is -2.27. The van der Waals surface area contributed by atoms with Crippen molar-refractivity contribution in [3.8, 4) is 17.0 Å². The molecule has 0 aliphatic heterocycles. The summed E-state index contributed by atoms with van der Waals surface area (Å²) in [4.78, 5) is 4.31. The molecule has 0 amide bonds. The van der Waals surface area contributed by atoms with Crippen LogP contribution in [0.2, 0.25) is 0 Å². The van der Waals surface area contributed by atoms with Crippen LogP contribution in [-0.4, -0.2) is 26.7 Å². The number of aryl methyl sites for hydroxylation is 1. The Kier molecular flexibility index (Phi) is 4.77. The third-order valence-corrected chi connectivity index (χ3v) is 4.19.